The Hall–Kier alpha value is -11.5. The fourth-order valence-electron chi connectivity index (χ4n) is 13.9. The maximum absolute atomic E-state index is 5.09. The molecule has 0 unspecified atom stereocenters. The highest BCUT2D eigenvalue weighted by molar-refractivity contribution is 7.27. The number of fused-ring (bicyclic) bond motifs is 12. The highest BCUT2D eigenvalue weighted by atomic mass is 32.1. The third-order valence-electron chi connectivity index (χ3n) is 18.3. The molecule has 0 N–H and O–H groups in total. The van der Waals surface area contributed by atoms with Crippen LogP contribution in [0.3, 0.4) is 0 Å². The van der Waals surface area contributed by atoms with E-state index in [0.717, 1.165) is 22.3 Å². The maximum atomic E-state index is 5.09. The first-order valence-corrected chi connectivity index (χ1v) is 32.8. The summed E-state index contributed by atoms with van der Waals surface area (Å²) in [4.78, 5) is 15.2. The molecule has 3 aromatic heterocycles. The standard InChI is InChI=1S/C87H53N3S2/c1-5-21-54(22-6-1)63-48-64(58-41-45-74-72-33-14-13-31-70(72)71-32-15-16-34-73(71)80(74)51-58)50-65(49-63)69-37-20-38-76-75-46-43-61(53-81(75)91-82(69)76)79-52-60(42-44-66(79)55-23-7-2-8-24-55)68-36-19-40-78-77-39-18-35-67(83(77)92-84(68)78)59-29-17-30-62(47-59)87-89-85(56-25-9-3-10-26-56)88-86(90-87)57-27-11-4-12-28-57/h1-53H. The Labute approximate surface area is 540 Å². The molecular weight excluding hydrogens is 1150 g/mol. The molecule has 15 aromatic carbocycles. The van der Waals surface area contributed by atoms with E-state index in [1.165, 1.54) is 145 Å². The maximum Gasteiger partial charge on any atom is 0.164 e. The normalized spacial score (nSPS) is 11.7. The number of hydrogen-bond donors (Lipinski definition) is 0. The van der Waals surface area contributed by atoms with Gasteiger partial charge in [0.1, 0.15) is 0 Å². The second kappa shape index (κ2) is 22.2. The van der Waals surface area contributed by atoms with Crippen LogP contribution in [0.2, 0.25) is 0 Å². The minimum atomic E-state index is 0.635. The summed E-state index contributed by atoms with van der Waals surface area (Å²) in [7, 11) is 0. The van der Waals surface area contributed by atoms with Crippen molar-refractivity contribution in [1.82, 2.24) is 15.0 Å². The lowest BCUT2D eigenvalue weighted by Gasteiger charge is -2.14. The predicted octanol–water partition coefficient (Wildman–Crippen LogP) is 24.7. The van der Waals surface area contributed by atoms with Crippen LogP contribution in [-0.2, 0) is 0 Å². The zero-order valence-electron chi connectivity index (χ0n) is 49.8. The molecule has 0 atom stereocenters. The molecule has 0 saturated heterocycles. The van der Waals surface area contributed by atoms with E-state index in [2.05, 4.69) is 285 Å². The lowest BCUT2D eigenvalue weighted by Crippen LogP contribution is -2.00. The largest absolute Gasteiger partial charge is 0.208 e. The minimum absolute atomic E-state index is 0.635. The van der Waals surface area contributed by atoms with Crippen LogP contribution in [0.1, 0.15) is 0 Å². The molecule has 18 aromatic rings. The third kappa shape index (κ3) is 9.28. The lowest BCUT2D eigenvalue weighted by atomic mass is 9.89. The second-order valence-corrected chi connectivity index (χ2v) is 25.8. The van der Waals surface area contributed by atoms with E-state index in [1.807, 2.05) is 59.1 Å². The smallest absolute Gasteiger partial charge is 0.164 e. The molecule has 0 amide bonds. The van der Waals surface area contributed by atoms with Gasteiger partial charge >= 0.3 is 0 Å². The summed E-state index contributed by atoms with van der Waals surface area (Å²) in [6.45, 7) is 0. The van der Waals surface area contributed by atoms with Crippen LogP contribution in [0.15, 0.2) is 322 Å². The molecule has 0 fully saturated rings. The summed E-state index contributed by atoms with van der Waals surface area (Å²) in [6.07, 6.45) is 0. The van der Waals surface area contributed by atoms with Crippen LogP contribution in [0.4, 0.5) is 0 Å². The van der Waals surface area contributed by atoms with Gasteiger partial charge in [0.05, 0.1) is 0 Å². The fourth-order valence-corrected chi connectivity index (χ4v) is 16.5. The van der Waals surface area contributed by atoms with Crippen molar-refractivity contribution in [1.29, 1.82) is 0 Å². The van der Waals surface area contributed by atoms with Gasteiger partial charge in [-0.25, -0.2) is 15.0 Å². The van der Waals surface area contributed by atoms with Crippen molar-refractivity contribution in [2.24, 2.45) is 0 Å². The van der Waals surface area contributed by atoms with E-state index in [0.29, 0.717) is 17.5 Å². The Morgan fingerprint density at radius 2 is 0.533 bits per heavy atom. The average molecular weight is 1200 g/mol. The molecule has 428 valence electrons. The first kappa shape index (κ1) is 53.5. The molecule has 0 bridgehead atoms. The molecule has 3 heterocycles. The highest BCUT2D eigenvalue weighted by Gasteiger charge is 2.21. The van der Waals surface area contributed by atoms with Crippen molar-refractivity contribution in [2.45, 2.75) is 0 Å². The highest BCUT2D eigenvalue weighted by Crippen LogP contribution is 2.48. The van der Waals surface area contributed by atoms with Crippen molar-refractivity contribution in [3.63, 3.8) is 0 Å². The Morgan fingerprint density at radius 3 is 1.13 bits per heavy atom. The van der Waals surface area contributed by atoms with Crippen LogP contribution in [0.25, 0.3) is 185 Å². The molecule has 92 heavy (non-hydrogen) atoms. The first-order chi connectivity index (χ1) is 45.6. The number of hydrogen-bond acceptors (Lipinski definition) is 5. The third-order valence-corrected chi connectivity index (χ3v) is 20.8. The van der Waals surface area contributed by atoms with Gasteiger partial charge in [-0.05, 0) is 153 Å². The summed E-state index contributed by atoms with van der Waals surface area (Å²) in [5.41, 5.74) is 19.5. The van der Waals surface area contributed by atoms with Crippen LogP contribution in [-0.4, -0.2) is 15.0 Å². The van der Waals surface area contributed by atoms with Gasteiger partial charge in [0, 0.05) is 57.0 Å². The van der Waals surface area contributed by atoms with E-state index in [-0.39, 0.29) is 0 Å². The van der Waals surface area contributed by atoms with E-state index in [4.69, 9.17) is 15.0 Å². The number of aromatic nitrogens is 3. The summed E-state index contributed by atoms with van der Waals surface area (Å²) >= 11 is 3.77. The molecule has 0 saturated carbocycles. The molecule has 0 spiro atoms. The van der Waals surface area contributed by atoms with Crippen LogP contribution in [0, 0.1) is 0 Å². The molecule has 0 aliphatic rings. The fraction of sp³-hybridized carbons (Fsp3) is 0. The van der Waals surface area contributed by atoms with E-state index >= 15 is 0 Å². The first-order valence-electron chi connectivity index (χ1n) is 31.2. The summed E-state index contributed by atoms with van der Waals surface area (Å²) < 4.78 is 5.05. The van der Waals surface area contributed by atoms with Crippen LogP contribution < -0.4 is 0 Å². The molecule has 0 radical (unpaired) electrons. The quantitative estimate of drug-likeness (QED) is 0.128. The Morgan fingerprint density at radius 1 is 0.163 bits per heavy atom. The van der Waals surface area contributed by atoms with Crippen LogP contribution >= 0.6 is 22.7 Å². The molecule has 3 nitrogen and oxygen atoms in total. The topological polar surface area (TPSA) is 38.7 Å². The van der Waals surface area contributed by atoms with Crippen molar-refractivity contribution in [2.75, 3.05) is 0 Å². The van der Waals surface area contributed by atoms with Gasteiger partial charge < -0.3 is 0 Å². The van der Waals surface area contributed by atoms with Crippen LogP contribution in [0.5, 0.6) is 0 Å². The SMILES string of the molecule is c1ccc(-c2cc(-c3ccc4c5ccccc5c5ccccc5c4c3)cc(-c3cccc4c3sc3cc(-c5cc(-c6cccc7c6sc6c(-c8cccc(-c9nc(-c%10ccccc%10)nc(-c%10ccccc%10)n9)c8)cccc67)ccc5-c5ccccc5)ccc34)c2)cc1. The van der Waals surface area contributed by atoms with Gasteiger partial charge in [0.25, 0.3) is 0 Å². The van der Waals surface area contributed by atoms with Gasteiger partial charge in [0.15, 0.2) is 17.5 Å². The zero-order valence-corrected chi connectivity index (χ0v) is 51.4. The molecule has 18 rings (SSSR count). The number of thiophene rings is 2. The van der Waals surface area contributed by atoms with E-state index in [1.54, 1.807) is 0 Å². The molecule has 0 aliphatic carbocycles. The van der Waals surface area contributed by atoms with Gasteiger partial charge in [-0.15, -0.1) is 22.7 Å². The Kier molecular flexibility index (Phi) is 12.9. The van der Waals surface area contributed by atoms with Crippen molar-refractivity contribution in [3.8, 4) is 112 Å². The second-order valence-electron chi connectivity index (χ2n) is 23.7. The monoisotopic (exact) mass is 1200 g/mol. The molecule has 5 heteroatoms. The van der Waals surface area contributed by atoms with E-state index < -0.39 is 0 Å². The summed E-state index contributed by atoms with van der Waals surface area (Å²) in [6, 6.07) is 117. The average Bonchev–Trinajstić information content (AvgIpc) is 1.50. The van der Waals surface area contributed by atoms with Gasteiger partial charge in [-0.1, -0.05) is 279 Å². The summed E-state index contributed by atoms with van der Waals surface area (Å²) in [5.74, 6) is 1.92. The van der Waals surface area contributed by atoms with Crippen molar-refractivity contribution in [3.05, 3.63) is 322 Å². The van der Waals surface area contributed by atoms with Crippen molar-refractivity contribution < 1.29 is 0 Å². The molecule has 0 aliphatic heterocycles. The Balaban J connectivity index is 0.743. The van der Waals surface area contributed by atoms with Crippen molar-refractivity contribution >= 4 is 95.3 Å². The van der Waals surface area contributed by atoms with Gasteiger partial charge in [-0.2, -0.15) is 0 Å². The molecular formula is C87H53N3S2. The minimum Gasteiger partial charge on any atom is -0.208 e. The lowest BCUT2D eigenvalue weighted by molar-refractivity contribution is 1.07. The van der Waals surface area contributed by atoms with Gasteiger partial charge in [0.2, 0.25) is 0 Å². The Bertz CT molecular complexity index is 5840. The predicted molar refractivity (Wildman–Crippen MR) is 392 cm³/mol. The number of rotatable bonds is 10. The zero-order chi connectivity index (χ0) is 60.6. The number of nitrogens with zero attached hydrogens (tertiary/aromatic N) is 3. The van der Waals surface area contributed by atoms with Gasteiger partial charge in [-0.3, -0.25) is 0 Å². The number of benzene rings is 15. The summed E-state index contributed by atoms with van der Waals surface area (Å²) in [5, 5.41) is 12.7. The van der Waals surface area contributed by atoms with E-state index in [9.17, 15) is 0 Å².